The van der Waals surface area contributed by atoms with Gasteiger partial charge in [0.05, 0.1) is 6.54 Å². The standard InChI is InChI=1S/C10H16N2S/c1-2-7-11-10(13)12-8-9-5-3-4-6-9/h1,9H,3-8H2,(H2,11,12,13). The minimum absolute atomic E-state index is 0.510. The molecule has 72 valence electrons. The molecular formula is C10H16N2S. The lowest BCUT2D eigenvalue weighted by molar-refractivity contribution is 0.534. The van der Waals surface area contributed by atoms with E-state index in [1.165, 1.54) is 25.7 Å². The average molecular weight is 196 g/mol. The monoisotopic (exact) mass is 196 g/mol. The van der Waals surface area contributed by atoms with E-state index in [9.17, 15) is 0 Å². The van der Waals surface area contributed by atoms with Gasteiger partial charge in [0.2, 0.25) is 0 Å². The van der Waals surface area contributed by atoms with Crippen LogP contribution in [-0.2, 0) is 0 Å². The molecule has 1 saturated carbocycles. The summed E-state index contributed by atoms with van der Waals surface area (Å²) >= 11 is 5.04. The van der Waals surface area contributed by atoms with Crippen molar-refractivity contribution in [3.8, 4) is 12.3 Å². The van der Waals surface area contributed by atoms with Crippen molar-refractivity contribution >= 4 is 17.3 Å². The average Bonchev–Trinajstić information content (AvgIpc) is 2.64. The van der Waals surface area contributed by atoms with Gasteiger partial charge in [-0.15, -0.1) is 6.42 Å². The van der Waals surface area contributed by atoms with Crippen LogP contribution in [0, 0.1) is 18.3 Å². The van der Waals surface area contributed by atoms with Crippen molar-refractivity contribution in [2.24, 2.45) is 5.92 Å². The van der Waals surface area contributed by atoms with Gasteiger partial charge in [-0.3, -0.25) is 0 Å². The molecule has 0 spiro atoms. The van der Waals surface area contributed by atoms with Crippen LogP contribution in [0.5, 0.6) is 0 Å². The molecule has 1 aliphatic rings. The van der Waals surface area contributed by atoms with E-state index in [4.69, 9.17) is 18.6 Å². The molecule has 2 N–H and O–H groups in total. The lowest BCUT2D eigenvalue weighted by Gasteiger charge is -2.12. The van der Waals surface area contributed by atoms with Crippen LogP contribution in [-0.4, -0.2) is 18.2 Å². The number of terminal acetylenes is 1. The predicted octanol–water partition coefficient (Wildman–Crippen LogP) is 1.27. The molecule has 0 saturated heterocycles. The Morgan fingerprint density at radius 2 is 2.08 bits per heavy atom. The van der Waals surface area contributed by atoms with E-state index < -0.39 is 0 Å². The molecule has 0 aromatic carbocycles. The highest BCUT2D eigenvalue weighted by molar-refractivity contribution is 7.80. The highest BCUT2D eigenvalue weighted by atomic mass is 32.1. The van der Waals surface area contributed by atoms with Gasteiger partial charge in [-0.05, 0) is 31.0 Å². The Morgan fingerprint density at radius 1 is 1.38 bits per heavy atom. The third-order valence-corrected chi connectivity index (χ3v) is 2.67. The number of rotatable bonds is 3. The Labute approximate surface area is 85.5 Å². The quantitative estimate of drug-likeness (QED) is 0.525. The predicted molar refractivity (Wildman–Crippen MR) is 59.4 cm³/mol. The lowest BCUT2D eigenvalue weighted by atomic mass is 10.1. The van der Waals surface area contributed by atoms with E-state index in [1.54, 1.807) is 0 Å². The largest absolute Gasteiger partial charge is 0.362 e. The molecule has 1 rings (SSSR count). The maximum Gasteiger partial charge on any atom is 0.167 e. The molecule has 1 fully saturated rings. The van der Waals surface area contributed by atoms with Gasteiger partial charge in [-0.25, -0.2) is 0 Å². The van der Waals surface area contributed by atoms with E-state index in [-0.39, 0.29) is 0 Å². The second-order valence-electron chi connectivity index (χ2n) is 3.42. The molecule has 0 radical (unpaired) electrons. The highest BCUT2D eigenvalue weighted by Gasteiger charge is 2.14. The van der Waals surface area contributed by atoms with Crippen molar-refractivity contribution in [3.63, 3.8) is 0 Å². The summed E-state index contributed by atoms with van der Waals surface area (Å²) in [5.74, 6) is 3.30. The van der Waals surface area contributed by atoms with Gasteiger partial charge in [0.15, 0.2) is 5.11 Å². The molecule has 1 aliphatic carbocycles. The Balaban J connectivity index is 2.04. The number of hydrogen-bond donors (Lipinski definition) is 2. The molecule has 0 aromatic heterocycles. The van der Waals surface area contributed by atoms with E-state index in [0.717, 1.165) is 12.5 Å². The molecule has 0 atom stereocenters. The van der Waals surface area contributed by atoms with Crippen LogP contribution in [0.25, 0.3) is 0 Å². The summed E-state index contributed by atoms with van der Waals surface area (Å²) in [7, 11) is 0. The van der Waals surface area contributed by atoms with Gasteiger partial charge in [0.25, 0.3) is 0 Å². The van der Waals surface area contributed by atoms with Gasteiger partial charge in [0.1, 0.15) is 0 Å². The summed E-state index contributed by atoms with van der Waals surface area (Å²) in [4.78, 5) is 0. The van der Waals surface area contributed by atoms with Crippen molar-refractivity contribution in [2.75, 3.05) is 13.1 Å². The van der Waals surface area contributed by atoms with Gasteiger partial charge in [-0.2, -0.15) is 0 Å². The van der Waals surface area contributed by atoms with Crippen LogP contribution in [0.1, 0.15) is 25.7 Å². The molecule has 0 bridgehead atoms. The van der Waals surface area contributed by atoms with Crippen LogP contribution in [0.3, 0.4) is 0 Å². The smallest absolute Gasteiger partial charge is 0.167 e. The van der Waals surface area contributed by atoms with E-state index in [0.29, 0.717) is 11.7 Å². The third-order valence-electron chi connectivity index (χ3n) is 2.38. The van der Waals surface area contributed by atoms with Gasteiger partial charge in [-0.1, -0.05) is 18.8 Å². The van der Waals surface area contributed by atoms with Crippen LogP contribution in [0.4, 0.5) is 0 Å². The van der Waals surface area contributed by atoms with Crippen molar-refractivity contribution in [1.82, 2.24) is 10.6 Å². The summed E-state index contributed by atoms with van der Waals surface area (Å²) in [5, 5.41) is 6.81. The van der Waals surface area contributed by atoms with Crippen molar-refractivity contribution in [1.29, 1.82) is 0 Å². The lowest BCUT2D eigenvalue weighted by Crippen LogP contribution is -2.37. The molecule has 0 aliphatic heterocycles. The topological polar surface area (TPSA) is 24.1 Å². The molecule has 3 heteroatoms. The van der Waals surface area contributed by atoms with E-state index in [2.05, 4.69) is 16.6 Å². The number of hydrogen-bond acceptors (Lipinski definition) is 1. The van der Waals surface area contributed by atoms with Crippen LogP contribution < -0.4 is 10.6 Å². The molecule has 0 amide bonds. The minimum atomic E-state index is 0.510. The molecule has 0 unspecified atom stereocenters. The van der Waals surface area contributed by atoms with Gasteiger partial charge in [0, 0.05) is 6.54 Å². The zero-order valence-electron chi connectivity index (χ0n) is 7.81. The van der Waals surface area contributed by atoms with Crippen LogP contribution in [0.15, 0.2) is 0 Å². The first kappa shape index (κ1) is 10.3. The Hall–Kier alpha value is -0.750. The third kappa shape index (κ3) is 4.14. The van der Waals surface area contributed by atoms with E-state index >= 15 is 0 Å². The maximum atomic E-state index is 5.10. The van der Waals surface area contributed by atoms with Crippen molar-refractivity contribution in [2.45, 2.75) is 25.7 Å². The van der Waals surface area contributed by atoms with E-state index in [1.807, 2.05) is 0 Å². The maximum absolute atomic E-state index is 5.10. The first-order valence-electron chi connectivity index (χ1n) is 4.78. The summed E-state index contributed by atoms with van der Waals surface area (Å²) in [6.45, 7) is 1.51. The van der Waals surface area contributed by atoms with Crippen LogP contribution in [0.2, 0.25) is 0 Å². The minimum Gasteiger partial charge on any atom is -0.362 e. The zero-order chi connectivity index (χ0) is 9.52. The van der Waals surface area contributed by atoms with Crippen molar-refractivity contribution < 1.29 is 0 Å². The first-order chi connectivity index (χ1) is 6.33. The van der Waals surface area contributed by atoms with Gasteiger partial charge >= 0.3 is 0 Å². The SMILES string of the molecule is C#CCNC(=S)NCC1CCCC1. The van der Waals surface area contributed by atoms with Gasteiger partial charge < -0.3 is 10.6 Å². The molecular weight excluding hydrogens is 180 g/mol. The summed E-state index contributed by atoms with van der Waals surface area (Å²) in [5.41, 5.74) is 0. The normalized spacial score (nSPS) is 16.5. The Kier molecular flexibility index (Phi) is 4.63. The Morgan fingerprint density at radius 3 is 2.69 bits per heavy atom. The fraction of sp³-hybridized carbons (Fsp3) is 0.700. The number of thiocarbonyl (C=S) groups is 1. The van der Waals surface area contributed by atoms with Crippen LogP contribution >= 0.6 is 12.2 Å². The second kappa shape index (κ2) is 5.82. The molecule has 0 aromatic rings. The summed E-state index contributed by atoms with van der Waals surface area (Å²) in [6.07, 6.45) is 10.5. The van der Waals surface area contributed by atoms with Crippen molar-refractivity contribution in [3.05, 3.63) is 0 Å². The summed E-state index contributed by atoms with van der Waals surface area (Å²) < 4.78 is 0. The highest BCUT2D eigenvalue weighted by Crippen LogP contribution is 2.23. The fourth-order valence-corrected chi connectivity index (χ4v) is 1.80. The number of nitrogens with one attached hydrogen (secondary N) is 2. The second-order valence-corrected chi connectivity index (χ2v) is 3.83. The zero-order valence-corrected chi connectivity index (χ0v) is 8.62. The summed E-state index contributed by atoms with van der Waals surface area (Å²) in [6, 6.07) is 0. The molecule has 13 heavy (non-hydrogen) atoms. The fourth-order valence-electron chi connectivity index (χ4n) is 1.65. The molecule has 2 nitrogen and oxygen atoms in total. The molecule has 0 heterocycles. The Bertz CT molecular complexity index is 201. The first-order valence-corrected chi connectivity index (χ1v) is 5.19.